The Balaban J connectivity index is 1.56. The van der Waals surface area contributed by atoms with E-state index in [1.165, 1.54) is 24.3 Å². The summed E-state index contributed by atoms with van der Waals surface area (Å²) in [5, 5.41) is 3.70. The van der Waals surface area contributed by atoms with E-state index in [4.69, 9.17) is 8.94 Å². The Kier molecular flexibility index (Phi) is 5.41. The Morgan fingerprint density at radius 3 is 2.47 bits per heavy atom. The highest BCUT2D eigenvalue weighted by atomic mass is 32.2. The minimum atomic E-state index is -4.50. The number of sulfone groups is 1. The van der Waals surface area contributed by atoms with Crippen LogP contribution in [0.15, 0.2) is 68.4 Å². The molecule has 0 saturated carbocycles. The molecule has 4 aromatic rings. The standard InChI is InChI=1S/C22H17F3N2O4S/c1-13-6-8-18(10-14(13)2)32(28,29)12-17-7-9-19(30-17)21-26-20(27-31-21)15-4-3-5-16(11-15)22(23,24)25/h3-11H,12H2,1-2H3. The Hall–Kier alpha value is -3.40. The molecular formula is C22H17F3N2O4S. The number of nitrogens with zero attached hydrogens (tertiary/aromatic N) is 2. The van der Waals surface area contributed by atoms with Crippen LogP contribution in [0.1, 0.15) is 22.5 Å². The lowest BCUT2D eigenvalue weighted by molar-refractivity contribution is -0.137. The number of hydrogen-bond acceptors (Lipinski definition) is 6. The Bertz CT molecular complexity index is 1390. The first kappa shape index (κ1) is 21.8. The summed E-state index contributed by atoms with van der Waals surface area (Å²) in [7, 11) is -3.64. The monoisotopic (exact) mass is 462 g/mol. The number of hydrogen-bond donors (Lipinski definition) is 0. The van der Waals surface area contributed by atoms with Crippen molar-refractivity contribution in [3.63, 3.8) is 0 Å². The van der Waals surface area contributed by atoms with Crippen molar-refractivity contribution in [2.75, 3.05) is 0 Å². The number of benzene rings is 2. The van der Waals surface area contributed by atoms with Crippen LogP contribution in [-0.2, 0) is 21.8 Å². The summed E-state index contributed by atoms with van der Waals surface area (Å²) in [6.07, 6.45) is -4.50. The normalized spacial score (nSPS) is 12.3. The Morgan fingerprint density at radius 1 is 0.969 bits per heavy atom. The van der Waals surface area contributed by atoms with E-state index in [1.54, 1.807) is 18.2 Å². The van der Waals surface area contributed by atoms with E-state index in [-0.39, 0.29) is 39.4 Å². The van der Waals surface area contributed by atoms with Gasteiger partial charge in [0.05, 0.1) is 10.5 Å². The molecule has 6 nitrogen and oxygen atoms in total. The third-order valence-corrected chi connectivity index (χ3v) is 6.55. The molecule has 10 heteroatoms. The number of rotatable bonds is 5. The topological polar surface area (TPSA) is 86.2 Å². The molecule has 0 aliphatic carbocycles. The van der Waals surface area contributed by atoms with Gasteiger partial charge in [0.1, 0.15) is 11.5 Å². The molecule has 0 bridgehead atoms. The lowest BCUT2D eigenvalue weighted by Gasteiger charge is -2.06. The van der Waals surface area contributed by atoms with Gasteiger partial charge in [0.2, 0.25) is 5.82 Å². The molecule has 0 N–H and O–H groups in total. The van der Waals surface area contributed by atoms with Crippen LogP contribution in [0, 0.1) is 13.8 Å². The Labute approximate surface area is 181 Å². The molecule has 0 atom stereocenters. The quantitative estimate of drug-likeness (QED) is 0.383. The molecule has 2 heterocycles. The van der Waals surface area contributed by atoms with E-state index in [0.717, 1.165) is 23.3 Å². The first-order valence-electron chi connectivity index (χ1n) is 9.43. The van der Waals surface area contributed by atoms with E-state index in [1.807, 2.05) is 13.8 Å². The predicted molar refractivity (Wildman–Crippen MR) is 109 cm³/mol. The van der Waals surface area contributed by atoms with Crippen molar-refractivity contribution in [1.29, 1.82) is 0 Å². The maximum atomic E-state index is 12.9. The molecule has 0 aliphatic rings. The van der Waals surface area contributed by atoms with Crippen LogP contribution in [0.4, 0.5) is 13.2 Å². The highest BCUT2D eigenvalue weighted by Crippen LogP contribution is 2.32. The van der Waals surface area contributed by atoms with Gasteiger partial charge < -0.3 is 8.94 Å². The minimum Gasteiger partial charge on any atom is -0.455 e. The number of furan rings is 1. The number of aryl methyl sites for hydroxylation is 2. The fraction of sp³-hybridized carbons (Fsp3) is 0.182. The van der Waals surface area contributed by atoms with Crippen molar-refractivity contribution >= 4 is 9.84 Å². The first-order valence-corrected chi connectivity index (χ1v) is 11.1. The van der Waals surface area contributed by atoms with Crippen LogP contribution >= 0.6 is 0 Å². The van der Waals surface area contributed by atoms with Gasteiger partial charge >= 0.3 is 6.18 Å². The van der Waals surface area contributed by atoms with E-state index < -0.39 is 21.6 Å². The van der Waals surface area contributed by atoms with E-state index >= 15 is 0 Å². The van der Waals surface area contributed by atoms with Crippen molar-refractivity contribution in [3.05, 3.63) is 77.0 Å². The number of halogens is 3. The molecule has 166 valence electrons. The summed E-state index contributed by atoms with van der Waals surface area (Å²) in [6.45, 7) is 3.72. The second kappa shape index (κ2) is 7.94. The van der Waals surface area contributed by atoms with Gasteiger partial charge in [0.15, 0.2) is 15.6 Å². The average Bonchev–Trinajstić information content (AvgIpc) is 3.39. The van der Waals surface area contributed by atoms with Crippen molar-refractivity contribution in [2.45, 2.75) is 30.7 Å². The summed E-state index contributed by atoms with van der Waals surface area (Å²) >= 11 is 0. The molecule has 0 amide bonds. The van der Waals surface area contributed by atoms with Gasteiger partial charge in [-0.2, -0.15) is 18.2 Å². The highest BCUT2D eigenvalue weighted by Gasteiger charge is 2.31. The molecule has 32 heavy (non-hydrogen) atoms. The molecule has 2 aromatic carbocycles. The molecular weight excluding hydrogens is 445 g/mol. The van der Waals surface area contributed by atoms with Gasteiger partial charge in [-0.3, -0.25) is 0 Å². The Morgan fingerprint density at radius 2 is 1.75 bits per heavy atom. The molecule has 2 aromatic heterocycles. The van der Waals surface area contributed by atoms with Crippen molar-refractivity contribution in [1.82, 2.24) is 10.1 Å². The zero-order valence-electron chi connectivity index (χ0n) is 17.0. The third-order valence-electron chi connectivity index (χ3n) is 4.92. The fourth-order valence-corrected chi connectivity index (χ4v) is 4.35. The first-order chi connectivity index (χ1) is 15.0. The summed E-state index contributed by atoms with van der Waals surface area (Å²) < 4.78 is 74.9. The van der Waals surface area contributed by atoms with Gasteiger partial charge in [-0.15, -0.1) is 0 Å². The molecule has 0 saturated heterocycles. The summed E-state index contributed by atoms with van der Waals surface area (Å²) in [4.78, 5) is 4.26. The highest BCUT2D eigenvalue weighted by molar-refractivity contribution is 7.90. The summed E-state index contributed by atoms with van der Waals surface area (Å²) in [5.74, 6) is -0.221. The van der Waals surface area contributed by atoms with Gasteiger partial charge in [-0.25, -0.2) is 8.42 Å². The van der Waals surface area contributed by atoms with Gasteiger partial charge in [-0.1, -0.05) is 23.4 Å². The van der Waals surface area contributed by atoms with Crippen LogP contribution in [0.5, 0.6) is 0 Å². The van der Waals surface area contributed by atoms with Crippen LogP contribution in [-0.4, -0.2) is 18.6 Å². The van der Waals surface area contributed by atoms with Crippen LogP contribution in [0.2, 0.25) is 0 Å². The largest absolute Gasteiger partial charge is 0.455 e. The predicted octanol–water partition coefficient (Wildman–Crippen LogP) is 5.61. The van der Waals surface area contributed by atoms with Crippen molar-refractivity contribution in [3.8, 4) is 23.0 Å². The van der Waals surface area contributed by atoms with E-state index in [9.17, 15) is 21.6 Å². The molecule has 0 fully saturated rings. The fourth-order valence-electron chi connectivity index (χ4n) is 3.02. The van der Waals surface area contributed by atoms with Gasteiger partial charge in [0, 0.05) is 5.56 Å². The molecule has 0 spiro atoms. The van der Waals surface area contributed by atoms with Gasteiger partial charge in [-0.05, 0) is 61.4 Å². The lowest BCUT2D eigenvalue weighted by atomic mass is 10.1. The van der Waals surface area contributed by atoms with E-state index in [2.05, 4.69) is 10.1 Å². The summed E-state index contributed by atoms with van der Waals surface area (Å²) in [6, 6.07) is 12.4. The lowest BCUT2D eigenvalue weighted by Crippen LogP contribution is -2.05. The van der Waals surface area contributed by atoms with Crippen molar-refractivity contribution in [2.24, 2.45) is 0 Å². The molecule has 4 rings (SSSR count). The minimum absolute atomic E-state index is 0.0493. The van der Waals surface area contributed by atoms with Gasteiger partial charge in [0.25, 0.3) is 5.89 Å². The molecule has 0 radical (unpaired) electrons. The second-order valence-electron chi connectivity index (χ2n) is 7.27. The van der Waals surface area contributed by atoms with Crippen LogP contribution in [0.25, 0.3) is 23.0 Å². The zero-order valence-corrected chi connectivity index (χ0v) is 17.8. The molecule has 0 aliphatic heterocycles. The summed E-state index contributed by atoms with van der Waals surface area (Å²) in [5.41, 5.74) is 1.13. The maximum absolute atomic E-state index is 12.9. The third kappa shape index (κ3) is 4.45. The maximum Gasteiger partial charge on any atom is 0.416 e. The SMILES string of the molecule is Cc1ccc(S(=O)(=O)Cc2ccc(-c3nc(-c4cccc(C(F)(F)F)c4)no3)o2)cc1C. The molecule has 0 unspecified atom stereocenters. The second-order valence-corrected chi connectivity index (χ2v) is 9.26. The number of aromatic nitrogens is 2. The van der Waals surface area contributed by atoms with Crippen molar-refractivity contribution < 1.29 is 30.5 Å². The van der Waals surface area contributed by atoms with Crippen LogP contribution in [0.3, 0.4) is 0 Å². The smallest absolute Gasteiger partial charge is 0.416 e. The zero-order chi connectivity index (χ0) is 23.1. The van der Waals surface area contributed by atoms with E-state index in [0.29, 0.717) is 0 Å². The number of alkyl halides is 3. The van der Waals surface area contributed by atoms with Crippen LogP contribution < -0.4 is 0 Å². The average molecular weight is 462 g/mol.